The second kappa shape index (κ2) is 9.88. The first-order chi connectivity index (χ1) is 15.1. The van der Waals surface area contributed by atoms with Gasteiger partial charge < -0.3 is 0 Å². The van der Waals surface area contributed by atoms with E-state index in [0.717, 1.165) is 4.47 Å². The van der Waals surface area contributed by atoms with E-state index in [1.807, 2.05) is 33.8 Å². The van der Waals surface area contributed by atoms with Crippen LogP contribution in [0.3, 0.4) is 0 Å². The van der Waals surface area contributed by atoms with Crippen LogP contribution < -0.4 is 0 Å². The maximum absolute atomic E-state index is 13.0. The van der Waals surface area contributed by atoms with Crippen LogP contribution in [-0.4, -0.2) is 25.7 Å². The Balaban J connectivity index is 2.19. The third-order valence-corrected chi connectivity index (χ3v) is 6.77. The lowest BCUT2D eigenvalue weighted by molar-refractivity contribution is -0.113. The molecule has 0 radical (unpaired) electrons. The lowest BCUT2D eigenvalue weighted by Crippen LogP contribution is -2.21. The Labute approximate surface area is 197 Å². The van der Waals surface area contributed by atoms with Crippen molar-refractivity contribution in [2.75, 3.05) is 0 Å². The summed E-state index contributed by atoms with van der Waals surface area (Å²) in [4.78, 5) is 17.5. The van der Waals surface area contributed by atoms with Gasteiger partial charge in [0.25, 0.3) is 10.0 Å². The predicted octanol–water partition coefficient (Wildman–Crippen LogP) is 5.77. The molecule has 166 valence electrons. The van der Waals surface area contributed by atoms with E-state index in [1.54, 1.807) is 48.6 Å². The number of hydrogen-bond donors (Lipinski definition) is 0. The summed E-state index contributed by atoms with van der Waals surface area (Å²) in [5, 5.41) is 0. The van der Waals surface area contributed by atoms with E-state index >= 15 is 0 Å². The monoisotopic (exact) mass is 512 g/mol. The number of carbonyl (C=O) groups is 1. The largest absolute Gasteiger partial charge is 0.289 e. The molecule has 0 saturated heterocycles. The Kier molecular flexibility index (Phi) is 7.41. The van der Waals surface area contributed by atoms with Crippen LogP contribution >= 0.6 is 15.9 Å². The Bertz CT molecular complexity index is 1210. The lowest BCUT2D eigenvalue weighted by Gasteiger charge is -2.20. The highest BCUT2D eigenvalue weighted by atomic mass is 79.9. The molecule has 0 heterocycles. The van der Waals surface area contributed by atoms with Crippen LogP contribution in [0, 0.1) is 11.8 Å². The Morgan fingerprint density at radius 1 is 0.844 bits per heavy atom. The molecule has 5 nitrogen and oxygen atoms in total. The molecule has 0 amide bonds. The van der Waals surface area contributed by atoms with Gasteiger partial charge in [-0.1, -0.05) is 74.0 Å². The number of aliphatic imine (C=N–C) groups is 1. The average Bonchev–Trinajstić information content (AvgIpc) is 2.74. The SMILES string of the molecule is CC(C)C1=CC(=N/C(=N\S(=O)(=O)c2ccc(Br)cc2)c2ccccc2)C=C(C(C)C)C1=O. The summed E-state index contributed by atoms with van der Waals surface area (Å²) in [6, 6.07) is 15.2. The van der Waals surface area contributed by atoms with E-state index in [9.17, 15) is 13.2 Å². The molecule has 3 rings (SSSR count). The molecular formula is C25H25BrN2O3S. The number of ketones is 1. The fourth-order valence-corrected chi connectivity index (χ4v) is 4.42. The van der Waals surface area contributed by atoms with Crippen molar-refractivity contribution in [1.82, 2.24) is 0 Å². The van der Waals surface area contributed by atoms with Gasteiger partial charge in [-0.15, -0.1) is 4.40 Å². The summed E-state index contributed by atoms with van der Waals surface area (Å²) in [6.07, 6.45) is 3.45. The predicted molar refractivity (Wildman–Crippen MR) is 133 cm³/mol. The van der Waals surface area contributed by atoms with Crippen LogP contribution in [-0.2, 0) is 14.8 Å². The molecule has 0 aromatic heterocycles. The number of allylic oxidation sites excluding steroid dienone is 4. The fourth-order valence-electron chi connectivity index (χ4n) is 3.20. The highest BCUT2D eigenvalue weighted by molar-refractivity contribution is 9.10. The molecule has 0 saturated carbocycles. The van der Waals surface area contributed by atoms with E-state index in [4.69, 9.17) is 0 Å². The number of hydrogen-bond acceptors (Lipinski definition) is 3. The minimum atomic E-state index is -3.99. The molecule has 0 bridgehead atoms. The first kappa shape index (κ1) is 24.0. The molecule has 1 aliphatic rings. The number of carbonyl (C=O) groups excluding carboxylic acids is 1. The number of halogens is 1. The fraction of sp³-hybridized carbons (Fsp3) is 0.240. The third kappa shape index (κ3) is 5.58. The zero-order chi connectivity index (χ0) is 23.5. The zero-order valence-electron chi connectivity index (χ0n) is 18.4. The minimum Gasteiger partial charge on any atom is -0.289 e. The van der Waals surface area contributed by atoms with Gasteiger partial charge in [-0.25, -0.2) is 4.99 Å². The van der Waals surface area contributed by atoms with Gasteiger partial charge in [0, 0.05) is 21.2 Å². The van der Waals surface area contributed by atoms with Gasteiger partial charge >= 0.3 is 0 Å². The minimum absolute atomic E-state index is 0.00892. The Hall–Kier alpha value is -2.64. The van der Waals surface area contributed by atoms with Crippen LogP contribution in [0.1, 0.15) is 33.3 Å². The van der Waals surface area contributed by atoms with Gasteiger partial charge in [0.1, 0.15) is 0 Å². The number of nitrogens with zero attached hydrogens (tertiary/aromatic N) is 2. The summed E-state index contributed by atoms with van der Waals surface area (Å²) in [5.41, 5.74) is 2.37. The van der Waals surface area contributed by atoms with Gasteiger partial charge in [-0.05, 0) is 48.3 Å². The van der Waals surface area contributed by atoms with Gasteiger partial charge in [0.05, 0.1) is 10.6 Å². The van der Waals surface area contributed by atoms with E-state index in [2.05, 4.69) is 25.3 Å². The molecule has 0 fully saturated rings. The van der Waals surface area contributed by atoms with E-state index in [-0.39, 0.29) is 28.4 Å². The van der Waals surface area contributed by atoms with Crippen LogP contribution in [0.5, 0.6) is 0 Å². The number of amidine groups is 1. The normalized spacial score (nSPS) is 15.2. The first-order valence-corrected chi connectivity index (χ1v) is 12.5. The van der Waals surface area contributed by atoms with Crippen molar-refractivity contribution >= 4 is 43.3 Å². The Morgan fingerprint density at radius 3 is 1.88 bits per heavy atom. The summed E-state index contributed by atoms with van der Waals surface area (Å²) in [7, 11) is -3.99. The van der Waals surface area contributed by atoms with Crippen molar-refractivity contribution < 1.29 is 13.2 Å². The van der Waals surface area contributed by atoms with E-state index < -0.39 is 10.0 Å². The van der Waals surface area contributed by atoms with Crippen molar-refractivity contribution in [2.24, 2.45) is 21.2 Å². The van der Waals surface area contributed by atoms with Crippen molar-refractivity contribution in [3.63, 3.8) is 0 Å². The smallest absolute Gasteiger partial charge is 0.284 e. The molecule has 2 aromatic carbocycles. The average molecular weight is 513 g/mol. The quantitative estimate of drug-likeness (QED) is 0.289. The maximum Gasteiger partial charge on any atom is 0.284 e. The standard InChI is InChI=1S/C25H25BrN2O3S/c1-16(2)22-14-20(15-23(17(3)4)24(22)29)27-25(18-8-6-5-7-9-18)28-32(30,31)21-12-10-19(26)11-13-21/h5-17H,1-4H3/b28-25-. The van der Waals surface area contributed by atoms with Gasteiger partial charge in [0.2, 0.25) is 0 Å². The number of sulfonamides is 1. The second-order valence-electron chi connectivity index (χ2n) is 8.08. The van der Waals surface area contributed by atoms with Gasteiger partial charge in [-0.2, -0.15) is 8.42 Å². The molecule has 0 N–H and O–H groups in total. The van der Waals surface area contributed by atoms with Crippen LogP contribution in [0.2, 0.25) is 0 Å². The van der Waals surface area contributed by atoms with Gasteiger partial charge in [0.15, 0.2) is 11.6 Å². The number of rotatable bonds is 5. The van der Waals surface area contributed by atoms with E-state index in [1.165, 1.54) is 12.1 Å². The maximum atomic E-state index is 13.0. The molecule has 1 aliphatic carbocycles. The summed E-state index contributed by atoms with van der Waals surface area (Å²) in [6.45, 7) is 7.81. The Morgan fingerprint density at radius 2 is 1.38 bits per heavy atom. The molecule has 0 atom stereocenters. The van der Waals surface area contributed by atoms with Crippen LogP contribution in [0.4, 0.5) is 0 Å². The number of Topliss-reactive ketones (excluding diaryl/α,β-unsaturated/α-hetero) is 1. The zero-order valence-corrected chi connectivity index (χ0v) is 20.8. The summed E-state index contributed by atoms with van der Waals surface area (Å²) >= 11 is 3.31. The highest BCUT2D eigenvalue weighted by Crippen LogP contribution is 2.25. The number of benzene rings is 2. The summed E-state index contributed by atoms with van der Waals surface area (Å²) in [5.74, 6) is 0.101. The summed E-state index contributed by atoms with van der Waals surface area (Å²) < 4.78 is 30.9. The van der Waals surface area contributed by atoms with Crippen molar-refractivity contribution in [3.8, 4) is 0 Å². The van der Waals surface area contributed by atoms with Crippen molar-refractivity contribution in [3.05, 3.63) is 87.9 Å². The van der Waals surface area contributed by atoms with Crippen molar-refractivity contribution in [2.45, 2.75) is 32.6 Å². The topological polar surface area (TPSA) is 75.9 Å². The van der Waals surface area contributed by atoms with Crippen LogP contribution in [0.15, 0.2) is 96.7 Å². The van der Waals surface area contributed by atoms with Crippen LogP contribution in [0.25, 0.3) is 0 Å². The molecule has 2 aromatic rings. The second-order valence-corrected chi connectivity index (χ2v) is 10.6. The molecule has 0 spiro atoms. The van der Waals surface area contributed by atoms with E-state index in [0.29, 0.717) is 22.4 Å². The van der Waals surface area contributed by atoms with Crippen molar-refractivity contribution in [1.29, 1.82) is 0 Å². The molecule has 32 heavy (non-hydrogen) atoms. The van der Waals surface area contributed by atoms with Gasteiger partial charge in [-0.3, -0.25) is 4.79 Å². The lowest BCUT2D eigenvalue weighted by atomic mass is 9.84. The highest BCUT2D eigenvalue weighted by Gasteiger charge is 2.25. The molecule has 0 unspecified atom stereocenters. The molecule has 0 aliphatic heterocycles. The third-order valence-electron chi connectivity index (χ3n) is 4.96. The molecule has 7 heteroatoms. The first-order valence-electron chi connectivity index (χ1n) is 10.3. The molecular weight excluding hydrogens is 488 g/mol.